The molecule has 2 saturated heterocycles. The van der Waals surface area contributed by atoms with Gasteiger partial charge in [-0.25, -0.2) is 21.8 Å². The minimum atomic E-state index is -2.99. The van der Waals surface area contributed by atoms with Crippen LogP contribution in [0.4, 0.5) is 0 Å². The van der Waals surface area contributed by atoms with E-state index >= 15 is 0 Å². The van der Waals surface area contributed by atoms with Crippen LogP contribution in [0.1, 0.15) is 18.4 Å². The molecule has 2 aliphatic heterocycles. The Kier molecular flexibility index (Phi) is 4.78. The Morgan fingerprint density at radius 2 is 1.61 bits per heavy atom. The Bertz CT molecular complexity index is 747. The van der Waals surface area contributed by atoms with Gasteiger partial charge < -0.3 is 0 Å². The topological polar surface area (TPSA) is 83.6 Å². The van der Waals surface area contributed by atoms with Crippen molar-refractivity contribution in [1.82, 2.24) is 10.4 Å². The summed E-state index contributed by atoms with van der Waals surface area (Å²) in [6, 6.07) is 9.56. The molecule has 128 valence electrons. The number of hydrazine groups is 1. The van der Waals surface area contributed by atoms with Gasteiger partial charge in [0.15, 0.2) is 19.7 Å². The van der Waals surface area contributed by atoms with Crippen molar-refractivity contribution in [3.63, 3.8) is 0 Å². The van der Waals surface area contributed by atoms with Crippen molar-refractivity contribution in [2.24, 2.45) is 0 Å². The van der Waals surface area contributed by atoms with Gasteiger partial charge in [-0.3, -0.25) is 5.43 Å². The second-order valence-corrected chi connectivity index (χ2v) is 10.9. The third-order valence-corrected chi connectivity index (χ3v) is 7.94. The highest BCUT2D eigenvalue weighted by molar-refractivity contribution is 7.91. The van der Waals surface area contributed by atoms with Gasteiger partial charge in [0.1, 0.15) is 0 Å². The smallest absolute Gasteiger partial charge is 0.151 e. The molecular weight excluding hydrogens is 336 g/mol. The highest BCUT2D eigenvalue weighted by Gasteiger charge is 2.35. The Morgan fingerprint density at radius 1 is 0.957 bits per heavy atom. The first-order valence-corrected chi connectivity index (χ1v) is 11.4. The number of sulfone groups is 2. The van der Waals surface area contributed by atoms with Gasteiger partial charge in [0, 0.05) is 18.6 Å². The molecule has 1 aromatic rings. The van der Waals surface area contributed by atoms with E-state index in [1.165, 1.54) is 0 Å². The van der Waals surface area contributed by atoms with E-state index in [0.29, 0.717) is 19.4 Å². The summed E-state index contributed by atoms with van der Waals surface area (Å²) in [5.41, 5.74) is 4.36. The summed E-state index contributed by atoms with van der Waals surface area (Å²) in [6.45, 7) is 0.567. The van der Waals surface area contributed by atoms with Gasteiger partial charge in [-0.1, -0.05) is 30.3 Å². The van der Waals surface area contributed by atoms with Crippen molar-refractivity contribution in [3.8, 4) is 0 Å². The van der Waals surface area contributed by atoms with Crippen LogP contribution < -0.4 is 5.43 Å². The van der Waals surface area contributed by atoms with E-state index in [0.717, 1.165) is 5.56 Å². The molecule has 2 heterocycles. The number of hydrogen-bond acceptors (Lipinski definition) is 6. The lowest BCUT2D eigenvalue weighted by molar-refractivity contribution is 0.108. The zero-order valence-corrected chi connectivity index (χ0v) is 14.5. The highest BCUT2D eigenvalue weighted by Crippen LogP contribution is 2.20. The third-order valence-electron chi connectivity index (χ3n) is 4.43. The zero-order valence-electron chi connectivity index (χ0n) is 12.9. The first-order chi connectivity index (χ1) is 10.8. The van der Waals surface area contributed by atoms with Crippen LogP contribution in [0.5, 0.6) is 0 Å². The summed E-state index contributed by atoms with van der Waals surface area (Å²) in [7, 11) is -5.96. The molecule has 1 aromatic carbocycles. The van der Waals surface area contributed by atoms with Crippen LogP contribution in [0, 0.1) is 0 Å². The molecular formula is C15H22N2O4S2. The molecule has 2 atom stereocenters. The molecule has 23 heavy (non-hydrogen) atoms. The van der Waals surface area contributed by atoms with Crippen molar-refractivity contribution < 1.29 is 16.8 Å². The molecule has 6 nitrogen and oxygen atoms in total. The minimum Gasteiger partial charge on any atom is -0.250 e. The predicted octanol–water partition coefficient (Wildman–Crippen LogP) is 0.367. The molecule has 0 aliphatic carbocycles. The van der Waals surface area contributed by atoms with E-state index in [-0.39, 0.29) is 35.1 Å². The molecule has 2 fully saturated rings. The standard InChI is InChI=1S/C15H22N2O4S2/c18-22(19)8-6-14(11-22)16-17(10-13-4-2-1-3-5-13)15-7-9-23(20,21)12-15/h1-5,14-16H,6-12H2/t14-,15-/m1/s1. The summed E-state index contributed by atoms with van der Waals surface area (Å²) in [5, 5.41) is 1.94. The lowest BCUT2D eigenvalue weighted by Crippen LogP contribution is -2.50. The molecule has 3 rings (SSSR count). The van der Waals surface area contributed by atoms with Crippen LogP contribution in [-0.4, -0.2) is 56.9 Å². The summed E-state index contributed by atoms with van der Waals surface area (Å²) in [6.07, 6.45) is 1.16. The average molecular weight is 358 g/mol. The maximum Gasteiger partial charge on any atom is 0.151 e. The molecule has 0 saturated carbocycles. The van der Waals surface area contributed by atoms with E-state index in [9.17, 15) is 16.8 Å². The van der Waals surface area contributed by atoms with Crippen LogP contribution >= 0.6 is 0 Å². The molecule has 1 N–H and O–H groups in total. The van der Waals surface area contributed by atoms with Gasteiger partial charge in [-0.05, 0) is 18.4 Å². The highest BCUT2D eigenvalue weighted by atomic mass is 32.2. The van der Waals surface area contributed by atoms with Crippen LogP contribution in [0.15, 0.2) is 30.3 Å². The van der Waals surface area contributed by atoms with E-state index in [2.05, 4.69) is 5.43 Å². The Labute approximate surface area is 137 Å². The summed E-state index contributed by atoms with van der Waals surface area (Å²) in [5.74, 6) is 0.657. The van der Waals surface area contributed by atoms with Gasteiger partial charge >= 0.3 is 0 Å². The van der Waals surface area contributed by atoms with Crippen LogP contribution in [0.2, 0.25) is 0 Å². The lowest BCUT2D eigenvalue weighted by atomic mass is 10.2. The van der Waals surface area contributed by atoms with Gasteiger partial charge in [0.2, 0.25) is 0 Å². The van der Waals surface area contributed by atoms with Crippen LogP contribution in [-0.2, 0) is 26.2 Å². The summed E-state index contributed by atoms with van der Waals surface area (Å²) < 4.78 is 46.9. The number of hydrogen-bond donors (Lipinski definition) is 1. The molecule has 0 spiro atoms. The van der Waals surface area contributed by atoms with E-state index in [4.69, 9.17) is 0 Å². The SMILES string of the molecule is O=S1(=O)CC[C@@H](NN(Cc2ccccc2)[C@@H]2CCS(=O)(=O)C2)C1. The molecule has 0 unspecified atom stereocenters. The fraction of sp³-hybridized carbons (Fsp3) is 0.600. The van der Waals surface area contributed by atoms with Crippen molar-refractivity contribution >= 4 is 19.7 Å². The molecule has 8 heteroatoms. The van der Waals surface area contributed by atoms with Crippen molar-refractivity contribution in [1.29, 1.82) is 0 Å². The second-order valence-electron chi connectivity index (χ2n) is 6.40. The fourth-order valence-corrected chi connectivity index (χ4v) is 6.61. The number of rotatable bonds is 5. The van der Waals surface area contributed by atoms with Gasteiger partial charge in [0.25, 0.3) is 0 Å². The van der Waals surface area contributed by atoms with Crippen LogP contribution in [0.25, 0.3) is 0 Å². The summed E-state index contributed by atoms with van der Waals surface area (Å²) >= 11 is 0. The molecule has 0 aromatic heterocycles. The first-order valence-electron chi connectivity index (χ1n) is 7.81. The molecule has 0 amide bonds. The van der Waals surface area contributed by atoms with Crippen LogP contribution in [0.3, 0.4) is 0 Å². The third kappa shape index (κ3) is 4.53. The zero-order chi connectivity index (χ0) is 16.5. The maximum absolute atomic E-state index is 11.8. The van der Waals surface area contributed by atoms with Crippen molar-refractivity contribution in [2.75, 3.05) is 23.0 Å². The largest absolute Gasteiger partial charge is 0.250 e. The average Bonchev–Trinajstić information content (AvgIpc) is 3.01. The fourth-order valence-electron chi connectivity index (χ4n) is 3.21. The predicted molar refractivity (Wildman–Crippen MR) is 89.2 cm³/mol. The first kappa shape index (κ1) is 16.9. The minimum absolute atomic E-state index is 0.108. The summed E-state index contributed by atoms with van der Waals surface area (Å²) in [4.78, 5) is 0. The van der Waals surface area contributed by atoms with Crippen molar-refractivity contribution in [3.05, 3.63) is 35.9 Å². The number of nitrogens with zero attached hydrogens (tertiary/aromatic N) is 1. The van der Waals surface area contributed by atoms with Gasteiger partial charge in [-0.2, -0.15) is 0 Å². The number of nitrogens with one attached hydrogen (secondary N) is 1. The van der Waals surface area contributed by atoms with Gasteiger partial charge in [-0.15, -0.1) is 0 Å². The monoisotopic (exact) mass is 358 g/mol. The quantitative estimate of drug-likeness (QED) is 0.766. The molecule has 2 aliphatic rings. The normalized spacial score (nSPS) is 29.1. The Hall–Kier alpha value is -0.960. The van der Waals surface area contributed by atoms with Crippen molar-refractivity contribution in [2.45, 2.75) is 31.5 Å². The van der Waals surface area contributed by atoms with E-state index in [1.807, 2.05) is 35.3 Å². The maximum atomic E-state index is 11.8. The Balaban J connectivity index is 1.73. The van der Waals surface area contributed by atoms with E-state index in [1.54, 1.807) is 0 Å². The lowest BCUT2D eigenvalue weighted by Gasteiger charge is -2.31. The molecule has 0 bridgehead atoms. The Morgan fingerprint density at radius 3 is 2.17 bits per heavy atom. The van der Waals surface area contributed by atoms with E-state index < -0.39 is 19.7 Å². The number of benzene rings is 1. The molecule has 0 radical (unpaired) electrons. The second kappa shape index (κ2) is 6.51. The van der Waals surface area contributed by atoms with Gasteiger partial charge in [0.05, 0.1) is 23.0 Å².